The maximum absolute atomic E-state index is 12.9. The second-order valence-electron chi connectivity index (χ2n) is 7.82. The van der Waals surface area contributed by atoms with Crippen molar-refractivity contribution in [2.75, 3.05) is 13.1 Å². The first-order chi connectivity index (χ1) is 11.2. The van der Waals surface area contributed by atoms with E-state index in [-0.39, 0.29) is 5.41 Å². The summed E-state index contributed by atoms with van der Waals surface area (Å²) in [4.78, 5) is 17.6. The molecule has 3 fully saturated rings. The van der Waals surface area contributed by atoms with Gasteiger partial charge in [0, 0.05) is 24.0 Å². The predicted molar refractivity (Wildman–Crippen MR) is 88.4 cm³/mol. The highest BCUT2D eigenvalue weighted by molar-refractivity contribution is 5.86. The van der Waals surface area contributed by atoms with Crippen LogP contribution in [0.15, 0.2) is 24.5 Å². The van der Waals surface area contributed by atoms with Crippen LogP contribution in [-0.2, 0) is 10.2 Å². The Morgan fingerprint density at radius 1 is 1.39 bits per heavy atom. The molecule has 1 saturated heterocycles. The number of carbonyl (C=O) groups is 1. The largest absolute Gasteiger partial charge is 0.316 e. The summed E-state index contributed by atoms with van der Waals surface area (Å²) in [5, 5.41) is 3.39. The van der Waals surface area contributed by atoms with Crippen molar-refractivity contribution in [3.63, 3.8) is 0 Å². The molecule has 2 aromatic heterocycles. The molecule has 4 heteroatoms. The molecule has 1 unspecified atom stereocenters. The van der Waals surface area contributed by atoms with Crippen molar-refractivity contribution >= 4 is 11.3 Å². The first-order valence-corrected chi connectivity index (χ1v) is 8.86. The summed E-state index contributed by atoms with van der Waals surface area (Å²) in [6.45, 7) is 4.21. The number of aromatic nitrogens is 2. The molecule has 0 amide bonds. The monoisotopic (exact) mass is 309 g/mol. The molecule has 2 aromatic rings. The topological polar surface area (TPSA) is 46.4 Å². The fourth-order valence-corrected chi connectivity index (χ4v) is 4.99. The number of piperidine rings is 1. The van der Waals surface area contributed by atoms with Crippen molar-refractivity contribution in [2.45, 2.75) is 38.0 Å². The Labute approximate surface area is 136 Å². The molecule has 0 bridgehead atoms. The Morgan fingerprint density at radius 3 is 2.87 bits per heavy atom. The fourth-order valence-electron chi connectivity index (χ4n) is 4.99. The number of hydrogen-bond donors (Lipinski definition) is 1. The molecule has 1 N–H and O–H groups in total. The van der Waals surface area contributed by atoms with E-state index in [1.54, 1.807) is 0 Å². The Bertz CT molecular complexity index is 779. The lowest BCUT2D eigenvalue weighted by Gasteiger charge is -2.40. The number of hydrogen-bond acceptors (Lipinski definition) is 3. The molecule has 3 atom stereocenters. The molecular weight excluding hydrogens is 286 g/mol. The smallest absolute Gasteiger partial charge is 0.137 e. The van der Waals surface area contributed by atoms with Crippen molar-refractivity contribution < 1.29 is 4.79 Å². The lowest BCUT2D eigenvalue weighted by Crippen LogP contribution is -2.39. The van der Waals surface area contributed by atoms with Crippen molar-refractivity contribution in [2.24, 2.45) is 17.8 Å². The molecule has 4 nitrogen and oxygen atoms in total. The van der Waals surface area contributed by atoms with Gasteiger partial charge >= 0.3 is 0 Å². The third-order valence-corrected chi connectivity index (χ3v) is 6.54. The molecule has 2 saturated carbocycles. The van der Waals surface area contributed by atoms with Gasteiger partial charge in [-0.2, -0.15) is 0 Å². The number of aryl methyl sites for hydroxylation is 1. The van der Waals surface area contributed by atoms with Gasteiger partial charge in [-0.15, -0.1) is 0 Å². The van der Waals surface area contributed by atoms with Gasteiger partial charge in [-0.25, -0.2) is 4.98 Å². The maximum atomic E-state index is 12.9. The van der Waals surface area contributed by atoms with Crippen molar-refractivity contribution in [3.05, 3.63) is 35.9 Å². The van der Waals surface area contributed by atoms with Crippen LogP contribution in [0.3, 0.4) is 0 Å². The normalized spacial score (nSPS) is 30.9. The third-order valence-electron chi connectivity index (χ3n) is 6.54. The molecule has 5 rings (SSSR count). The van der Waals surface area contributed by atoms with E-state index >= 15 is 0 Å². The van der Waals surface area contributed by atoms with Crippen LogP contribution >= 0.6 is 0 Å². The van der Waals surface area contributed by atoms with Gasteiger partial charge in [0.05, 0.1) is 11.7 Å². The van der Waals surface area contributed by atoms with Crippen LogP contribution in [0.4, 0.5) is 0 Å². The summed E-state index contributed by atoms with van der Waals surface area (Å²) in [5.41, 5.74) is 2.41. The van der Waals surface area contributed by atoms with E-state index < -0.39 is 0 Å². The molecular formula is C19H23N3O. The quantitative estimate of drug-likeness (QED) is 0.944. The van der Waals surface area contributed by atoms with Crippen LogP contribution < -0.4 is 5.32 Å². The average molecular weight is 309 g/mol. The Balaban J connectivity index is 1.46. The SMILES string of the molecule is Cc1cccn2c(C3(CC(=O)C4[C@H]5CNC[C@@H]45)CCC3)ncc12. The molecule has 0 spiro atoms. The van der Waals surface area contributed by atoms with Crippen LogP contribution in [-0.4, -0.2) is 28.3 Å². The molecule has 0 aromatic carbocycles. The third kappa shape index (κ3) is 1.87. The first kappa shape index (κ1) is 13.7. The van der Waals surface area contributed by atoms with Crippen LogP contribution in [0.5, 0.6) is 0 Å². The van der Waals surface area contributed by atoms with Crippen molar-refractivity contribution in [1.82, 2.24) is 14.7 Å². The van der Waals surface area contributed by atoms with Gasteiger partial charge in [-0.1, -0.05) is 12.5 Å². The van der Waals surface area contributed by atoms with Gasteiger partial charge in [-0.05, 0) is 56.3 Å². The van der Waals surface area contributed by atoms with Crippen molar-refractivity contribution in [1.29, 1.82) is 0 Å². The second kappa shape index (κ2) is 4.67. The van der Waals surface area contributed by atoms with E-state index in [1.165, 1.54) is 17.5 Å². The van der Waals surface area contributed by atoms with E-state index in [0.717, 1.165) is 31.8 Å². The Kier molecular flexibility index (Phi) is 2.79. The molecule has 1 aliphatic heterocycles. The summed E-state index contributed by atoms with van der Waals surface area (Å²) in [6, 6.07) is 4.20. The highest BCUT2D eigenvalue weighted by Gasteiger charge is 2.58. The lowest BCUT2D eigenvalue weighted by atomic mass is 9.64. The zero-order chi connectivity index (χ0) is 15.6. The fraction of sp³-hybridized carbons (Fsp3) is 0.579. The molecule has 23 heavy (non-hydrogen) atoms. The minimum atomic E-state index is -0.0123. The van der Waals surface area contributed by atoms with E-state index in [4.69, 9.17) is 4.98 Å². The standard InChI is InChI=1S/C19H23N3O/c1-12-4-2-7-22-15(12)11-21-18(22)19(5-3-6-19)8-16(23)17-13-9-20-10-14(13)17/h2,4,7,11,13-14,17,20H,3,5-6,8-10H2,1H3/t13-,14+,17?. The number of rotatable bonds is 4. The number of fused-ring (bicyclic) bond motifs is 2. The number of nitrogens with one attached hydrogen (secondary N) is 1. The first-order valence-electron chi connectivity index (χ1n) is 8.86. The molecule has 120 valence electrons. The highest BCUT2D eigenvalue weighted by atomic mass is 16.1. The second-order valence-corrected chi connectivity index (χ2v) is 7.82. The van der Waals surface area contributed by atoms with Gasteiger partial charge < -0.3 is 9.72 Å². The summed E-state index contributed by atoms with van der Waals surface area (Å²) in [7, 11) is 0. The zero-order valence-electron chi connectivity index (χ0n) is 13.6. The minimum Gasteiger partial charge on any atom is -0.316 e. The van der Waals surface area contributed by atoms with E-state index in [9.17, 15) is 4.79 Å². The number of imidazole rings is 1. The number of carbonyl (C=O) groups excluding carboxylic acids is 1. The van der Waals surface area contributed by atoms with Crippen LogP contribution in [0.1, 0.15) is 37.1 Å². The van der Waals surface area contributed by atoms with E-state index in [1.807, 2.05) is 6.20 Å². The highest BCUT2D eigenvalue weighted by Crippen LogP contribution is 2.53. The number of nitrogens with zero attached hydrogens (tertiary/aromatic N) is 2. The van der Waals surface area contributed by atoms with Gasteiger partial charge in [0.1, 0.15) is 11.6 Å². The predicted octanol–water partition coefficient (Wildman–Crippen LogP) is 2.49. The van der Waals surface area contributed by atoms with Crippen molar-refractivity contribution in [3.8, 4) is 0 Å². The number of pyridine rings is 1. The number of Topliss-reactive ketones (excluding diaryl/α,β-unsaturated/α-hetero) is 1. The lowest BCUT2D eigenvalue weighted by molar-refractivity contribution is -0.123. The average Bonchev–Trinajstić information content (AvgIpc) is 2.89. The molecule has 3 heterocycles. The van der Waals surface area contributed by atoms with Crippen LogP contribution in [0, 0.1) is 24.7 Å². The van der Waals surface area contributed by atoms with Gasteiger partial charge in [0.15, 0.2) is 0 Å². The Morgan fingerprint density at radius 2 is 2.17 bits per heavy atom. The minimum absolute atomic E-state index is 0.0123. The zero-order valence-corrected chi connectivity index (χ0v) is 13.6. The number of ketones is 1. The van der Waals surface area contributed by atoms with E-state index in [2.05, 4.69) is 35.0 Å². The molecule has 2 aliphatic carbocycles. The van der Waals surface area contributed by atoms with Gasteiger partial charge in [0.2, 0.25) is 0 Å². The van der Waals surface area contributed by atoms with Crippen LogP contribution in [0.2, 0.25) is 0 Å². The Hall–Kier alpha value is -1.68. The maximum Gasteiger partial charge on any atom is 0.137 e. The summed E-state index contributed by atoms with van der Waals surface area (Å²) in [6.07, 6.45) is 8.19. The summed E-state index contributed by atoms with van der Waals surface area (Å²) >= 11 is 0. The van der Waals surface area contributed by atoms with Gasteiger partial charge in [-0.3, -0.25) is 4.79 Å². The summed E-state index contributed by atoms with van der Waals surface area (Å²) < 4.78 is 2.22. The van der Waals surface area contributed by atoms with Crippen LogP contribution in [0.25, 0.3) is 5.52 Å². The summed E-state index contributed by atoms with van der Waals surface area (Å²) in [5.74, 6) is 3.19. The van der Waals surface area contributed by atoms with E-state index in [0.29, 0.717) is 30.0 Å². The molecule has 0 radical (unpaired) electrons. The van der Waals surface area contributed by atoms with Gasteiger partial charge in [0.25, 0.3) is 0 Å². The molecule has 3 aliphatic rings.